The second-order valence-electron chi connectivity index (χ2n) is 5.40. The van der Waals surface area contributed by atoms with Crippen molar-refractivity contribution in [3.63, 3.8) is 0 Å². The molecular formula is C18H16FN3O3S2. The molecule has 2 heterocycles. The maximum absolute atomic E-state index is 12.8. The summed E-state index contributed by atoms with van der Waals surface area (Å²) in [6.07, 6.45) is 0.113. The SMILES string of the molecule is O=C(Cc1csc(NC(=O)c2cccs2)n1)NCCOc1ccc(F)cc1. The van der Waals surface area contributed by atoms with Gasteiger partial charge < -0.3 is 10.1 Å². The van der Waals surface area contributed by atoms with Crippen LogP contribution in [-0.2, 0) is 11.2 Å². The number of thiophene rings is 1. The fourth-order valence-electron chi connectivity index (χ4n) is 2.13. The maximum Gasteiger partial charge on any atom is 0.267 e. The largest absolute Gasteiger partial charge is 0.492 e. The van der Waals surface area contributed by atoms with Gasteiger partial charge in [-0.2, -0.15) is 0 Å². The molecule has 3 aromatic rings. The van der Waals surface area contributed by atoms with E-state index in [1.54, 1.807) is 17.5 Å². The van der Waals surface area contributed by atoms with E-state index < -0.39 is 0 Å². The molecule has 2 amide bonds. The summed E-state index contributed by atoms with van der Waals surface area (Å²) in [5.41, 5.74) is 0.582. The molecule has 6 nitrogen and oxygen atoms in total. The molecule has 0 aliphatic heterocycles. The molecule has 0 fully saturated rings. The number of aromatic nitrogens is 1. The summed E-state index contributed by atoms with van der Waals surface area (Å²) in [6, 6.07) is 9.21. The lowest BCUT2D eigenvalue weighted by molar-refractivity contribution is -0.120. The van der Waals surface area contributed by atoms with Crippen LogP contribution in [0.2, 0.25) is 0 Å². The van der Waals surface area contributed by atoms with Crippen LogP contribution in [0.4, 0.5) is 9.52 Å². The Bertz CT molecular complexity index is 895. The van der Waals surface area contributed by atoms with Crippen molar-refractivity contribution >= 4 is 39.6 Å². The third kappa shape index (κ3) is 5.87. The summed E-state index contributed by atoms with van der Waals surface area (Å²) in [7, 11) is 0. The van der Waals surface area contributed by atoms with E-state index in [0.29, 0.717) is 28.0 Å². The van der Waals surface area contributed by atoms with Gasteiger partial charge in [0, 0.05) is 5.38 Å². The molecule has 0 saturated carbocycles. The topological polar surface area (TPSA) is 80.3 Å². The van der Waals surface area contributed by atoms with Crippen molar-refractivity contribution in [2.75, 3.05) is 18.5 Å². The van der Waals surface area contributed by atoms with Gasteiger partial charge >= 0.3 is 0 Å². The molecule has 0 aliphatic rings. The fourth-order valence-corrected chi connectivity index (χ4v) is 3.45. The molecule has 0 unspecified atom stereocenters. The Morgan fingerprint density at radius 1 is 1.15 bits per heavy atom. The Morgan fingerprint density at radius 2 is 1.96 bits per heavy atom. The first-order chi connectivity index (χ1) is 13.1. The number of benzene rings is 1. The number of nitrogens with one attached hydrogen (secondary N) is 2. The zero-order chi connectivity index (χ0) is 19.1. The van der Waals surface area contributed by atoms with Gasteiger partial charge in [0.15, 0.2) is 5.13 Å². The average molecular weight is 405 g/mol. The first-order valence-electron chi connectivity index (χ1n) is 8.04. The van der Waals surface area contributed by atoms with Crippen LogP contribution in [0.1, 0.15) is 15.4 Å². The summed E-state index contributed by atoms with van der Waals surface area (Å²) in [5.74, 6) is -0.200. The molecule has 0 spiro atoms. The van der Waals surface area contributed by atoms with E-state index in [-0.39, 0.29) is 30.7 Å². The lowest BCUT2D eigenvalue weighted by atomic mass is 10.3. The van der Waals surface area contributed by atoms with Crippen molar-refractivity contribution in [3.05, 3.63) is 63.5 Å². The molecule has 0 atom stereocenters. The predicted molar refractivity (Wildman–Crippen MR) is 103 cm³/mol. The Morgan fingerprint density at radius 3 is 2.70 bits per heavy atom. The highest BCUT2D eigenvalue weighted by atomic mass is 32.1. The summed E-state index contributed by atoms with van der Waals surface area (Å²) in [5, 5.41) is 9.45. The van der Waals surface area contributed by atoms with Gasteiger partial charge in [0.25, 0.3) is 5.91 Å². The van der Waals surface area contributed by atoms with Crippen LogP contribution in [0.3, 0.4) is 0 Å². The maximum atomic E-state index is 12.8. The lowest BCUT2D eigenvalue weighted by Crippen LogP contribution is -2.29. The minimum atomic E-state index is -0.329. The van der Waals surface area contributed by atoms with Gasteiger partial charge in [-0.15, -0.1) is 22.7 Å². The number of hydrogen-bond acceptors (Lipinski definition) is 6. The molecule has 0 radical (unpaired) electrons. The molecule has 9 heteroatoms. The van der Waals surface area contributed by atoms with Crippen molar-refractivity contribution < 1.29 is 18.7 Å². The van der Waals surface area contributed by atoms with E-state index in [2.05, 4.69) is 15.6 Å². The number of hydrogen-bond donors (Lipinski definition) is 2. The second kappa shape index (κ2) is 9.24. The number of anilines is 1. The summed E-state index contributed by atoms with van der Waals surface area (Å²) >= 11 is 2.62. The van der Waals surface area contributed by atoms with E-state index in [1.165, 1.54) is 46.9 Å². The Balaban J connectivity index is 1.38. The normalized spacial score (nSPS) is 10.4. The van der Waals surface area contributed by atoms with Crippen LogP contribution in [0.25, 0.3) is 0 Å². The number of ether oxygens (including phenoxy) is 1. The smallest absolute Gasteiger partial charge is 0.267 e. The first kappa shape index (κ1) is 19.0. The Kier molecular flexibility index (Phi) is 6.50. The van der Waals surface area contributed by atoms with E-state index in [4.69, 9.17) is 4.74 Å². The van der Waals surface area contributed by atoms with Crippen LogP contribution in [0, 0.1) is 5.82 Å². The van der Waals surface area contributed by atoms with Crippen LogP contribution in [0.15, 0.2) is 47.2 Å². The number of rotatable bonds is 8. The van der Waals surface area contributed by atoms with Crippen LogP contribution in [-0.4, -0.2) is 29.9 Å². The van der Waals surface area contributed by atoms with Crippen molar-refractivity contribution in [1.29, 1.82) is 0 Å². The Labute approximate surface area is 163 Å². The zero-order valence-corrected chi connectivity index (χ0v) is 15.7. The monoisotopic (exact) mass is 405 g/mol. The van der Waals surface area contributed by atoms with Gasteiger partial charge in [-0.05, 0) is 35.7 Å². The lowest BCUT2D eigenvalue weighted by Gasteiger charge is -2.07. The number of nitrogens with zero attached hydrogens (tertiary/aromatic N) is 1. The number of carbonyl (C=O) groups is 2. The number of halogens is 1. The molecule has 2 N–H and O–H groups in total. The number of amides is 2. The van der Waals surface area contributed by atoms with Gasteiger partial charge in [0.05, 0.1) is 23.5 Å². The minimum absolute atomic E-state index is 0.113. The number of carbonyl (C=O) groups excluding carboxylic acids is 2. The van der Waals surface area contributed by atoms with Crippen LogP contribution < -0.4 is 15.4 Å². The quantitative estimate of drug-likeness (QED) is 0.564. The Hall–Kier alpha value is -2.78. The summed E-state index contributed by atoms with van der Waals surface area (Å²) < 4.78 is 18.2. The van der Waals surface area contributed by atoms with E-state index >= 15 is 0 Å². The molecule has 140 valence electrons. The van der Waals surface area contributed by atoms with Crippen molar-refractivity contribution in [1.82, 2.24) is 10.3 Å². The highest BCUT2D eigenvalue weighted by Gasteiger charge is 2.11. The minimum Gasteiger partial charge on any atom is -0.492 e. The van der Waals surface area contributed by atoms with Crippen LogP contribution >= 0.6 is 22.7 Å². The molecule has 27 heavy (non-hydrogen) atoms. The van der Waals surface area contributed by atoms with E-state index in [1.807, 2.05) is 5.38 Å². The van der Waals surface area contributed by atoms with Crippen molar-refractivity contribution in [3.8, 4) is 5.75 Å². The molecule has 0 aliphatic carbocycles. The summed E-state index contributed by atoms with van der Waals surface area (Å²) in [4.78, 5) is 28.8. The van der Waals surface area contributed by atoms with Gasteiger partial charge in [0.2, 0.25) is 5.91 Å². The second-order valence-corrected chi connectivity index (χ2v) is 7.21. The molecule has 3 rings (SSSR count). The first-order valence-corrected chi connectivity index (χ1v) is 9.80. The standard InChI is InChI=1S/C18H16FN3O3S2/c19-12-3-5-14(6-4-12)25-8-7-20-16(23)10-13-11-27-18(21-13)22-17(24)15-2-1-9-26-15/h1-6,9,11H,7-8,10H2,(H,20,23)(H,21,22,24). The van der Waals surface area contributed by atoms with Gasteiger partial charge in [-0.1, -0.05) is 6.07 Å². The average Bonchev–Trinajstić information content (AvgIpc) is 3.32. The third-order valence-corrected chi connectivity index (χ3v) is 5.04. The zero-order valence-electron chi connectivity index (χ0n) is 14.1. The highest BCUT2D eigenvalue weighted by Crippen LogP contribution is 2.18. The molecular weight excluding hydrogens is 389 g/mol. The van der Waals surface area contributed by atoms with Crippen LogP contribution in [0.5, 0.6) is 5.75 Å². The third-order valence-electron chi connectivity index (χ3n) is 3.37. The molecule has 1 aromatic carbocycles. The molecule has 0 bridgehead atoms. The highest BCUT2D eigenvalue weighted by molar-refractivity contribution is 7.14. The summed E-state index contributed by atoms with van der Waals surface area (Å²) in [6.45, 7) is 0.596. The molecule has 2 aromatic heterocycles. The fraction of sp³-hybridized carbons (Fsp3) is 0.167. The van der Waals surface area contributed by atoms with Gasteiger partial charge in [-0.3, -0.25) is 14.9 Å². The number of thiazole rings is 1. The molecule has 0 saturated heterocycles. The predicted octanol–water partition coefficient (Wildman–Crippen LogP) is 3.33. The van der Waals surface area contributed by atoms with Gasteiger partial charge in [0.1, 0.15) is 18.2 Å². The van der Waals surface area contributed by atoms with E-state index in [0.717, 1.165) is 0 Å². The van der Waals surface area contributed by atoms with Gasteiger partial charge in [-0.25, -0.2) is 9.37 Å². The van der Waals surface area contributed by atoms with Crippen molar-refractivity contribution in [2.45, 2.75) is 6.42 Å². The van der Waals surface area contributed by atoms with E-state index in [9.17, 15) is 14.0 Å². The van der Waals surface area contributed by atoms with Crippen molar-refractivity contribution in [2.24, 2.45) is 0 Å².